The molecule has 0 aliphatic carbocycles. The summed E-state index contributed by atoms with van der Waals surface area (Å²) in [6, 6.07) is 2.59. The molecule has 0 saturated carbocycles. The van der Waals surface area contributed by atoms with Crippen molar-refractivity contribution in [1.82, 2.24) is 10.2 Å². The minimum Gasteiger partial charge on any atom is -0.268 e. The number of halogens is 3. The molecule has 0 saturated heterocycles. The molecule has 0 aliphatic heterocycles. The summed E-state index contributed by atoms with van der Waals surface area (Å²) in [5, 5.41) is 4.64. The van der Waals surface area contributed by atoms with E-state index in [0.29, 0.717) is 12.1 Å². The molecule has 0 atom stereocenters. The summed E-state index contributed by atoms with van der Waals surface area (Å²) < 4.78 is 63.3. The fraction of sp³-hybridized carbons (Fsp3) is 0.0909. The Morgan fingerprint density at radius 1 is 1.10 bits per heavy atom. The molecule has 0 unspecified atom stereocenters. The first-order chi connectivity index (χ1) is 9.29. The predicted molar refractivity (Wildman–Crippen MR) is 62.1 cm³/mol. The van der Waals surface area contributed by atoms with Crippen molar-refractivity contribution in [2.45, 2.75) is 10.8 Å². The molecule has 0 aliphatic rings. The number of nitrogens with zero attached hydrogens (tertiary/aromatic N) is 1. The van der Waals surface area contributed by atoms with Crippen molar-refractivity contribution in [3.8, 4) is 0 Å². The Balaban J connectivity index is 2.43. The number of hydrogen-bond donors (Lipinski definition) is 1. The Labute approximate surface area is 111 Å². The second kappa shape index (κ2) is 5.08. The van der Waals surface area contributed by atoms with E-state index in [1.807, 2.05) is 5.10 Å². The minimum atomic E-state index is -4.17. The van der Waals surface area contributed by atoms with E-state index in [-0.39, 0.29) is 0 Å². The zero-order valence-corrected chi connectivity index (χ0v) is 10.5. The second-order valence-electron chi connectivity index (χ2n) is 3.87. The molecule has 106 valence electrons. The molecular weight excluding hydrogens is 297 g/mol. The van der Waals surface area contributed by atoms with Crippen molar-refractivity contribution >= 4 is 9.84 Å². The lowest BCUT2D eigenvalue weighted by atomic mass is 10.2. The SMILES string of the molecule is O=c1ccc(S(=O)(=O)Cc2c(F)cc(F)cc2F)n[nH]1. The lowest BCUT2D eigenvalue weighted by Crippen LogP contribution is -2.14. The molecule has 1 aromatic carbocycles. The number of nitrogens with one attached hydrogen (secondary N) is 1. The van der Waals surface area contributed by atoms with Crippen molar-refractivity contribution in [2.75, 3.05) is 0 Å². The van der Waals surface area contributed by atoms with Gasteiger partial charge in [-0.3, -0.25) is 4.79 Å². The first kappa shape index (κ1) is 14.3. The van der Waals surface area contributed by atoms with Crippen molar-refractivity contribution in [1.29, 1.82) is 0 Å². The van der Waals surface area contributed by atoms with Crippen molar-refractivity contribution < 1.29 is 21.6 Å². The quantitative estimate of drug-likeness (QED) is 0.923. The summed E-state index contributed by atoms with van der Waals surface area (Å²) in [6.07, 6.45) is 0. The first-order valence-electron chi connectivity index (χ1n) is 5.21. The highest BCUT2D eigenvalue weighted by Crippen LogP contribution is 2.20. The third kappa shape index (κ3) is 2.87. The van der Waals surface area contributed by atoms with Gasteiger partial charge in [-0.05, 0) is 6.07 Å². The van der Waals surface area contributed by atoms with Crippen LogP contribution in [0.4, 0.5) is 13.2 Å². The third-order valence-corrected chi connectivity index (χ3v) is 3.95. The standard InChI is InChI=1S/C11H7F3N2O3S/c12-6-3-8(13)7(9(14)4-6)5-20(18,19)11-2-1-10(17)15-16-11/h1-4H,5H2,(H,15,17). The fourth-order valence-corrected chi connectivity index (χ4v) is 2.74. The van der Waals surface area contributed by atoms with E-state index in [4.69, 9.17) is 0 Å². The maximum atomic E-state index is 13.4. The summed E-state index contributed by atoms with van der Waals surface area (Å²) in [7, 11) is -4.17. The second-order valence-corrected chi connectivity index (χ2v) is 5.80. The van der Waals surface area contributed by atoms with Crippen LogP contribution in [0.2, 0.25) is 0 Å². The number of aromatic nitrogens is 2. The Morgan fingerprint density at radius 2 is 1.70 bits per heavy atom. The van der Waals surface area contributed by atoms with E-state index in [0.717, 1.165) is 12.1 Å². The summed E-state index contributed by atoms with van der Waals surface area (Å²) in [6.45, 7) is 0. The first-order valence-corrected chi connectivity index (χ1v) is 6.87. The number of H-pyrrole nitrogens is 1. The van der Waals surface area contributed by atoms with Crippen LogP contribution >= 0.6 is 0 Å². The maximum absolute atomic E-state index is 13.4. The number of aromatic amines is 1. The van der Waals surface area contributed by atoms with Crippen LogP contribution in [-0.2, 0) is 15.6 Å². The van der Waals surface area contributed by atoms with E-state index < -0.39 is 49.2 Å². The molecule has 1 heterocycles. The smallest absolute Gasteiger partial charge is 0.264 e. The molecule has 0 amide bonds. The van der Waals surface area contributed by atoms with Crippen LogP contribution < -0.4 is 5.56 Å². The summed E-state index contributed by atoms with van der Waals surface area (Å²) in [5.41, 5.74) is -1.41. The van der Waals surface area contributed by atoms with Gasteiger partial charge in [0.15, 0.2) is 5.03 Å². The number of benzene rings is 1. The molecule has 2 rings (SSSR count). The van der Waals surface area contributed by atoms with Crippen LogP contribution in [0.1, 0.15) is 5.56 Å². The monoisotopic (exact) mass is 304 g/mol. The van der Waals surface area contributed by atoms with Crippen molar-refractivity contribution in [3.63, 3.8) is 0 Å². The summed E-state index contributed by atoms with van der Waals surface area (Å²) in [4.78, 5) is 10.8. The van der Waals surface area contributed by atoms with Crippen molar-refractivity contribution in [2.24, 2.45) is 0 Å². The summed E-state index contributed by atoms with van der Waals surface area (Å²) >= 11 is 0. The molecule has 1 N–H and O–H groups in total. The zero-order chi connectivity index (χ0) is 14.9. The van der Waals surface area contributed by atoms with Gasteiger partial charge in [0.2, 0.25) is 9.84 Å². The van der Waals surface area contributed by atoms with Crippen LogP contribution in [0.25, 0.3) is 0 Å². The fourth-order valence-electron chi connectivity index (χ4n) is 1.48. The molecule has 0 spiro atoms. The molecular formula is C11H7F3N2O3S. The highest BCUT2D eigenvalue weighted by molar-refractivity contribution is 7.90. The molecule has 0 bridgehead atoms. The van der Waals surface area contributed by atoms with Crippen LogP contribution in [0, 0.1) is 17.5 Å². The highest BCUT2D eigenvalue weighted by atomic mass is 32.2. The van der Waals surface area contributed by atoms with E-state index in [2.05, 4.69) is 5.10 Å². The zero-order valence-electron chi connectivity index (χ0n) is 9.73. The van der Waals surface area contributed by atoms with Gasteiger partial charge in [0.1, 0.15) is 17.5 Å². The molecule has 0 fully saturated rings. The highest BCUT2D eigenvalue weighted by Gasteiger charge is 2.22. The minimum absolute atomic E-state index is 0.383. The normalized spacial score (nSPS) is 11.6. The Kier molecular flexibility index (Phi) is 3.62. The van der Waals surface area contributed by atoms with Gasteiger partial charge >= 0.3 is 0 Å². The lowest BCUT2D eigenvalue weighted by molar-refractivity contribution is 0.526. The predicted octanol–water partition coefficient (Wildman–Crippen LogP) is 1.16. The van der Waals surface area contributed by atoms with Gasteiger partial charge in [0.05, 0.1) is 5.75 Å². The average molecular weight is 304 g/mol. The molecule has 0 radical (unpaired) electrons. The largest absolute Gasteiger partial charge is 0.268 e. The van der Waals surface area contributed by atoms with Crippen LogP contribution in [0.15, 0.2) is 34.1 Å². The van der Waals surface area contributed by atoms with Gasteiger partial charge in [-0.2, -0.15) is 5.10 Å². The van der Waals surface area contributed by atoms with Crippen molar-refractivity contribution in [3.05, 3.63) is 57.6 Å². The van der Waals surface area contributed by atoms with Gasteiger partial charge < -0.3 is 0 Å². The van der Waals surface area contributed by atoms with Gasteiger partial charge in [-0.25, -0.2) is 26.7 Å². The van der Waals surface area contributed by atoms with Crippen LogP contribution in [-0.4, -0.2) is 18.6 Å². The average Bonchev–Trinajstić information content (AvgIpc) is 2.34. The van der Waals surface area contributed by atoms with E-state index in [9.17, 15) is 26.4 Å². The van der Waals surface area contributed by atoms with E-state index >= 15 is 0 Å². The van der Waals surface area contributed by atoms with E-state index in [1.54, 1.807) is 0 Å². The maximum Gasteiger partial charge on any atom is 0.264 e. The molecule has 5 nitrogen and oxygen atoms in total. The third-order valence-electron chi connectivity index (χ3n) is 2.41. The van der Waals surface area contributed by atoms with Gasteiger partial charge in [0.25, 0.3) is 5.56 Å². The molecule has 1 aromatic heterocycles. The van der Waals surface area contributed by atoms with Gasteiger partial charge in [-0.1, -0.05) is 0 Å². The Bertz CT molecular complexity index is 774. The number of rotatable bonds is 3. The summed E-state index contributed by atoms with van der Waals surface area (Å²) in [5.74, 6) is -4.81. The van der Waals surface area contributed by atoms with E-state index in [1.165, 1.54) is 0 Å². The molecule has 9 heteroatoms. The van der Waals surface area contributed by atoms with Gasteiger partial charge in [0, 0.05) is 23.8 Å². The number of hydrogen-bond acceptors (Lipinski definition) is 4. The number of sulfone groups is 1. The van der Waals surface area contributed by atoms with Crippen LogP contribution in [0.3, 0.4) is 0 Å². The Hall–Kier alpha value is -2.16. The van der Waals surface area contributed by atoms with Gasteiger partial charge in [-0.15, -0.1) is 0 Å². The molecule has 20 heavy (non-hydrogen) atoms. The Morgan fingerprint density at radius 3 is 2.20 bits per heavy atom. The topological polar surface area (TPSA) is 79.9 Å². The van der Waals surface area contributed by atoms with Crippen LogP contribution in [0.5, 0.6) is 0 Å². The molecule has 2 aromatic rings. The lowest BCUT2D eigenvalue weighted by Gasteiger charge is -2.06.